The molecule has 0 spiro atoms. The molecular weight excluding hydrogens is 310 g/mol. The van der Waals surface area contributed by atoms with Gasteiger partial charge in [-0.1, -0.05) is 78.9 Å². The summed E-state index contributed by atoms with van der Waals surface area (Å²) >= 11 is 0. The van der Waals surface area contributed by atoms with Crippen molar-refractivity contribution in [3.05, 3.63) is 108 Å². The van der Waals surface area contributed by atoms with E-state index >= 15 is 0 Å². The Hall–Kier alpha value is -3.46. The second-order valence-corrected chi connectivity index (χ2v) is 5.48. The van der Waals surface area contributed by atoms with E-state index in [0.717, 1.165) is 5.56 Å². The van der Waals surface area contributed by atoms with Crippen molar-refractivity contribution in [1.82, 2.24) is 0 Å². The summed E-state index contributed by atoms with van der Waals surface area (Å²) in [7, 11) is 0. The zero-order valence-electron chi connectivity index (χ0n) is 13.6. The normalized spacial score (nSPS) is 11.0. The molecule has 25 heavy (non-hydrogen) atoms. The van der Waals surface area contributed by atoms with E-state index in [4.69, 9.17) is 0 Å². The highest BCUT2D eigenvalue weighted by Crippen LogP contribution is 2.16. The second-order valence-electron chi connectivity index (χ2n) is 5.48. The number of carbonyl (C=O) groups excluding carboxylic acids is 2. The Kier molecular flexibility index (Phi) is 5.17. The quantitative estimate of drug-likeness (QED) is 0.322. The summed E-state index contributed by atoms with van der Waals surface area (Å²) in [5, 5.41) is 2.78. The summed E-state index contributed by atoms with van der Waals surface area (Å²) in [5.74, 6) is -0.734. The van der Waals surface area contributed by atoms with Crippen molar-refractivity contribution in [2.75, 3.05) is 5.32 Å². The van der Waals surface area contributed by atoms with Crippen LogP contribution in [-0.2, 0) is 4.79 Å². The van der Waals surface area contributed by atoms with Crippen molar-refractivity contribution in [1.29, 1.82) is 0 Å². The van der Waals surface area contributed by atoms with Crippen LogP contribution in [0.1, 0.15) is 15.9 Å². The van der Waals surface area contributed by atoms with Crippen LogP contribution in [0.5, 0.6) is 0 Å². The van der Waals surface area contributed by atoms with E-state index in [1.807, 2.05) is 54.6 Å². The van der Waals surface area contributed by atoms with E-state index in [2.05, 4.69) is 5.32 Å². The van der Waals surface area contributed by atoms with Crippen LogP contribution in [0.4, 0.5) is 5.69 Å². The van der Waals surface area contributed by atoms with Gasteiger partial charge in [0.25, 0.3) is 5.91 Å². The number of Topliss-reactive ketones (excluding diaryl/α,β-unsaturated/α-hetero) is 1. The van der Waals surface area contributed by atoms with Gasteiger partial charge in [0.1, 0.15) is 0 Å². The summed E-state index contributed by atoms with van der Waals surface area (Å²) in [6, 6.07) is 27.2. The van der Waals surface area contributed by atoms with E-state index in [9.17, 15) is 9.59 Å². The Labute approximate surface area is 146 Å². The molecule has 0 saturated heterocycles. The van der Waals surface area contributed by atoms with Crippen LogP contribution < -0.4 is 5.32 Å². The fourth-order valence-electron chi connectivity index (χ4n) is 2.42. The van der Waals surface area contributed by atoms with E-state index in [1.165, 1.54) is 0 Å². The van der Waals surface area contributed by atoms with E-state index < -0.39 is 5.91 Å². The molecule has 0 aromatic heterocycles. The van der Waals surface area contributed by atoms with Crippen molar-refractivity contribution in [2.45, 2.75) is 0 Å². The number of anilines is 1. The molecular formula is C22H17NO2. The van der Waals surface area contributed by atoms with Crippen molar-refractivity contribution in [3.63, 3.8) is 0 Å². The van der Waals surface area contributed by atoms with Gasteiger partial charge in [-0.2, -0.15) is 0 Å². The number of hydrogen-bond donors (Lipinski definition) is 1. The molecule has 3 nitrogen and oxygen atoms in total. The largest absolute Gasteiger partial charge is 0.322 e. The third-order valence-electron chi connectivity index (χ3n) is 3.67. The van der Waals surface area contributed by atoms with Crippen LogP contribution in [-0.4, -0.2) is 11.7 Å². The van der Waals surface area contributed by atoms with E-state index in [1.54, 1.807) is 42.5 Å². The van der Waals surface area contributed by atoms with Crippen molar-refractivity contribution >= 4 is 23.5 Å². The Bertz CT molecular complexity index is 885. The lowest BCUT2D eigenvalue weighted by Crippen LogP contribution is -2.20. The van der Waals surface area contributed by atoms with E-state index in [-0.39, 0.29) is 11.4 Å². The summed E-state index contributed by atoms with van der Waals surface area (Å²) in [4.78, 5) is 25.6. The number of rotatable bonds is 5. The zero-order chi connectivity index (χ0) is 17.5. The van der Waals surface area contributed by atoms with Crippen LogP contribution in [0.15, 0.2) is 96.6 Å². The minimum absolute atomic E-state index is 0.0984. The fourth-order valence-corrected chi connectivity index (χ4v) is 2.42. The highest BCUT2D eigenvalue weighted by Gasteiger charge is 2.20. The number of para-hydroxylation sites is 1. The average Bonchev–Trinajstić information content (AvgIpc) is 2.68. The van der Waals surface area contributed by atoms with E-state index in [0.29, 0.717) is 11.3 Å². The molecule has 0 saturated carbocycles. The molecule has 0 aliphatic heterocycles. The lowest BCUT2D eigenvalue weighted by atomic mass is 10.00. The summed E-state index contributed by atoms with van der Waals surface area (Å²) in [5.41, 5.74) is 2.02. The Morgan fingerprint density at radius 2 is 1.20 bits per heavy atom. The number of amides is 1. The second kappa shape index (κ2) is 7.88. The van der Waals surface area contributed by atoms with Gasteiger partial charge in [-0.25, -0.2) is 0 Å². The number of hydrogen-bond acceptors (Lipinski definition) is 2. The van der Waals surface area contributed by atoms with Gasteiger partial charge in [-0.05, 0) is 23.8 Å². The van der Waals surface area contributed by atoms with Crippen LogP contribution >= 0.6 is 0 Å². The Morgan fingerprint density at radius 3 is 1.80 bits per heavy atom. The van der Waals surface area contributed by atoms with Gasteiger partial charge < -0.3 is 5.32 Å². The molecule has 0 radical (unpaired) electrons. The first-order valence-electron chi connectivity index (χ1n) is 7.97. The maximum atomic E-state index is 12.9. The van der Waals surface area contributed by atoms with Gasteiger partial charge in [-0.3, -0.25) is 9.59 Å². The molecule has 0 unspecified atom stereocenters. The summed E-state index contributed by atoms with van der Waals surface area (Å²) < 4.78 is 0. The van der Waals surface area contributed by atoms with Crippen molar-refractivity contribution in [3.8, 4) is 0 Å². The molecule has 1 N–H and O–H groups in total. The summed E-state index contributed by atoms with van der Waals surface area (Å²) in [6.07, 6.45) is 1.62. The SMILES string of the molecule is O=C(Nc1ccccc1)/C(=C\c1ccccc1)C(=O)c1ccccc1. The Morgan fingerprint density at radius 1 is 0.680 bits per heavy atom. The van der Waals surface area contributed by atoms with Gasteiger partial charge >= 0.3 is 0 Å². The Balaban J connectivity index is 1.96. The minimum atomic E-state index is -0.427. The molecule has 0 atom stereocenters. The smallest absolute Gasteiger partial charge is 0.259 e. The highest BCUT2D eigenvalue weighted by molar-refractivity contribution is 6.31. The molecule has 3 rings (SSSR count). The first kappa shape index (κ1) is 16.4. The lowest BCUT2D eigenvalue weighted by molar-refractivity contribution is -0.112. The molecule has 0 heterocycles. The monoisotopic (exact) mass is 327 g/mol. The predicted molar refractivity (Wildman–Crippen MR) is 100 cm³/mol. The lowest BCUT2D eigenvalue weighted by Gasteiger charge is -2.09. The number of benzene rings is 3. The van der Waals surface area contributed by atoms with Crippen molar-refractivity contribution < 1.29 is 9.59 Å². The van der Waals surface area contributed by atoms with Gasteiger partial charge in [0.2, 0.25) is 0 Å². The fraction of sp³-hybridized carbons (Fsp3) is 0. The molecule has 3 aromatic rings. The minimum Gasteiger partial charge on any atom is -0.322 e. The molecule has 0 aliphatic rings. The first-order chi connectivity index (χ1) is 12.2. The zero-order valence-corrected chi connectivity index (χ0v) is 13.6. The molecule has 3 aromatic carbocycles. The molecule has 1 amide bonds. The summed E-state index contributed by atoms with van der Waals surface area (Å²) in [6.45, 7) is 0. The van der Waals surface area contributed by atoms with Gasteiger partial charge in [0, 0.05) is 11.3 Å². The number of nitrogens with one attached hydrogen (secondary N) is 1. The third kappa shape index (κ3) is 4.30. The van der Waals surface area contributed by atoms with Crippen LogP contribution in [0.3, 0.4) is 0 Å². The highest BCUT2D eigenvalue weighted by atomic mass is 16.2. The number of carbonyl (C=O) groups is 2. The molecule has 0 bridgehead atoms. The molecule has 3 heteroatoms. The van der Waals surface area contributed by atoms with Gasteiger partial charge in [0.15, 0.2) is 5.78 Å². The topological polar surface area (TPSA) is 46.2 Å². The first-order valence-corrected chi connectivity index (χ1v) is 7.97. The maximum absolute atomic E-state index is 12.9. The van der Waals surface area contributed by atoms with Crippen molar-refractivity contribution in [2.24, 2.45) is 0 Å². The molecule has 0 fully saturated rings. The maximum Gasteiger partial charge on any atom is 0.259 e. The standard InChI is InChI=1S/C22H17NO2/c24-21(18-12-6-2-7-13-18)20(16-17-10-4-1-5-11-17)22(25)23-19-14-8-3-9-15-19/h1-16H,(H,23,25)/b20-16-. The van der Waals surface area contributed by atoms with Crippen LogP contribution in [0, 0.1) is 0 Å². The van der Waals surface area contributed by atoms with Gasteiger partial charge in [0.05, 0.1) is 5.57 Å². The van der Waals surface area contributed by atoms with Crippen LogP contribution in [0.25, 0.3) is 6.08 Å². The average molecular weight is 327 g/mol. The predicted octanol–water partition coefficient (Wildman–Crippen LogP) is 4.59. The third-order valence-corrected chi connectivity index (χ3v) is 3.67. The molecule has 122 valence electrons. The molecule has 0 aliphatic carbocycles. The van der Waals surface area contributed by atoms with Gasteiger partial charge in [-0.15, -0.1) is 0 Å². The number of ketones is 1. The van der Waals surface area contributed by atoms with Crippen LogP contribution in [0.2, 0.25) is 0 Å².